The molecule has 5 nitrogen and oxygen atoms in total. The summed E-state index contributed by atoms with van der Waals surface area (Å²) in [5.41, 5.74) is 6.93. The van der Waals surface area contributed by atoms with E-state index in [1.165, 1.54) is 0 Å². The van der Waals surface area contributed by atoms with Crippen LogP contribution in [0.1, 0.15) is 25.0 Å². The van der Waals surface area contributed by atoms with Gasteiger partial charge in [0, 0.05) is 11.7 Å². The van der Waals surface area contributed by atoms with Crippen molar-refractivity contribution in [3.05, 3.63) is 23.4 Å². The molecule has 0 fully saturated rings. The maximum atomic E-state index is 7.58. The standard InChI is InChI=1S/C13H22N4O/c1-9-6-7-16-12(10(9)11(14)15)18-8-13(2,3)17(4)5/h6-7H,8H2,1-5H3,(H3,14,15). The Bertz CT molecular complexity index is 441. The molecule has 0 saturated heterocycles. The summed E-state index contributed by atoms with van der Waals surface area (Å²) in [4.78, 5) is 6.24. The van der Waals surface area contributed by atoms with E-state index in [0.29, 0.717) is 18.1 Å². The summed E-state index contributed by atoms with van der Waals surface area (Å²) < 4.78 is 5.73. The van der Waals surface area contributed by atoms with Gasteiger partial charge in [0.2, 0.25) is 5.88 Å². The number of likely N-dealkylation sites (N-methyl/N-ethyl adjacent to an activating group) is 1. The average Bonchev–Trinajstić information content (AvgIpc) is 2.25. The van der Waals surface area contributed by atoms with E-state index < -0.39 is 0 Å². The molecule has 3 N–H and O–H groups in total. The molecule has 0 aromatic carbocycles. The van der Waals surface area contributed by atoms with E-state index in [1.807, 2.05) is 27.1 Å². The fraction of sp³-hybridized carbons (Fsp3) is 0.538. The predicted molar refractivity (Wildman–Crippen MR) is 73.3 cm³/mol. The highest BCUT2D eigenvalue weighted by atomic mass is 16.5. The van der Waals surface area contributed by atoms with Gasteiger partial charge < -0.3 is 15.4 Å². The Labute approximate surface area is 108 Å². The monoisotopic (exact) mass is 250 g/mol. The molecule has 0 unspecified atom stereocenters. The second-order valence-corrected chi connectivity index (χ2v) is 5.22. The summed E-state index contributed by atoms with van der Waals surface area (Å²) in [6.45, 7) is 6.53. The summed E-state index contributed by atoms with van der Waals surface area (Å²) in [5.74, 6) is 0.413. The van der Waals surface area contributed by atoms with E-state index >= 15 is 0 Å². The third-order valence-electron chi connectivity index (χ3n) is 3.17. The van der Waals surface area contributed by atoms with Crippen molar-refractivity contribution in [2.45, 2.75) is 26.3 Å². The fourth-order valence-corrected chi connectivity index (χ4v) is 1.34. The number of hydrogen-bond donors (Lipinski definition) is 2. The minimum absolute atomic E-state index is 0.0155. The summed E-state index contributed by atoms with van der Waals surface area (Å²) in [7, 11) is 4.00. The van der Waals surface area contributed by atoms with Gasteiger partial charge in [-0.1, -0.05) is 0 Å². The lowest BCUT2D eigenvalue weighted by Crippen LogP contribution is -2.43. The van der Waals surface area contributed by atoms with Gasteiger partial charge in [-0.3, -0.25) is 5.41 Å². The van der Waals surface area contributed by atoms with E-state index in [-0.39, 0.29) is 11.4 Å². The first-order valence-corrected chi connectivity index (χ1v) is 5.86. The number of pyridine rings is 1. The van der Waals surface area contributed by atoms with Gasteiger partial charge in [0.25, 0.3) is 0 Å². The molecule has 100 valence electrons. The molecule has 18 heavy (non-hydrogen) atoms. The lowest BCUT2D eigenvalue weighted by atomic mass is 10.1. The van der Waals surface area contributed by atoms with Crippen LogP contribution in [0.25, 0.3) is 0 Å². The maximum absolute atomic E-state index is 7.58. The van der Waals surface area contributed by atoms with Crippen LogP contribution < -0.4 is 10.5 Å². The molecule has 1 aromatic heterocycles. The van der Waals surface area contributed by atoms with Crippen molar-refractivity contribution in [2.24, 2.45) is 5.73 Å². The SMILES string of the molecule is Cc1ccnc(OCC(C)(C)N(C)C)c1C(=N)N. The molecule has 1 aromatic rings. The second-order valence-electron chi connectivity index (χ2n) is 5.22. The molecule has 0 radical (unpaired) electrons. The van der Waals surface area contributed by atoms with Crippen LogP contribution in [0.15, 0.2) is 12.3 Å². The molecule has 0 saturated carbocycles. The molecule has 0 amide bonds. The zero-order chi connectivity index (χ0) is 13.9. The topological polar surface area (TPSA) is 75.2 Å². The zero-order valence-corrected chi connectivity index (χ0v) is 11.7. The van der Waals surface area contributed by atoms with Crippen molar-refractivity contribution < 1.29 is 4.74 Å². The average molecular weight is 250 g/mol. The Morgan fingerprint density at radius 2 is 2.11 bits per heavy atom. The highest BCUT2D eigenvalue weighted by Gasteiger charge is 2.22. The van der Waals surface area contributed by atoms with Crippen LogP contribution >= 0.6 is 0 Å². The first-order chi connectivity index (χ1) is 8.25. The number of nitrogens with one attached hydrogen (secondary N) is 1. The number of nitrogens with two attached hydrogens (primary N) is 1. The molecular formula is C13H22N4O. The van der Waals surface area contributed by atoms with Gasteiger partial charge in [0.05, 0.1) is 5.56 Å². The lowest BCUT2D eigenvalue weighted by molar-refractivity contribution is 0.111. The van der Waals surface area contributed by atoms with Gasteiger partial charge in [-0.15, -0.1) is 0 Å². The van der Waals surface area contributed by atoms with Gasteiger partial charge in [0.15, 0.2) is 0 Å². The maximum Gasteiger partial charge on any atom is 0.224 e. The van der Waals surface area contributed by atoms with Crippen LogP contribution in [-0.4, -0.2) is 42.0 Å². The molecule has 0 aliphatic carbocycles. The van der Waals surface area contributed by atoms with Crippen molar-refractivity contribution in [1.29, 1.82) is 5.41 Å². The Kier molecular flexibility index (Phi) is 4.29. The fourth-order valence-electron chi connectivity index (χ4n) is 1.34. The van der Waals surface area contributed by atoms with Crippen LogP contribution in [0.3, 0.4) is 0 Å². The summed E-state index contributed by atoms with van der Waals surface area (Å²) in [6, 6.07) is 1.82. The number of aryl methyl sites for hydroxylation is 1. The Balaban J connectivity index is 2.92. The van der Waals surface area contributed by atoms with Crippen molar-refractivity contribution in [2.75, 3.05) is 20.7 Å². The van der Waals surface area contributed by atoms with Gasteiger partial charge in [-0.05, 0) is 46.5 Å². The van der Waals surface area contributed by atoms with Crippen LogP contribution in [0.2, 0.25) is 0 Å². The van der Waals surface area contributed by atoms with Crippen LogP contribution in [0.4, 0.5) is 0 Å². The highest BCUT2D eigenvalue weighted by Crippen LogP contribution is 2.20. The number of hydrogen-bond acceptors (Lipinski definition) is 4. The van der Waals surface area contributed by atoms with Gasteiger partial charge >= 0.3 is 0 Å². The van der Waals surface area contributed by atoms with E-state index in [4.69, 9.17) is 15.9 Å². The first-order valence-electron chi connectivity index (χ1n) is 5.86. The second kappa shape index (κ2) is 5.35. The molecule has 1 heterocycles. The molecule has 1 rings (SSSR count). The minimum atomic E-state index is -0.112. The van der Waals surface area contributed by atoms with Crippen molar-refractivity contribution >= 4 is 5.84 Å². The highest BCUT2D eigenvalue weighted by molar-refractivity contribution is 5.98. The smallest absolute Gasteiger partial charge is 0.224 e. The minimum Gasteiger partial charge on any atom is -0.475 e. The molecule has 0 spiro atoms. The zero-order valence-electron chi connectivity index (χ0n) is 11.7. The summed E-state index contributed by atoms with van der Waals surface area (Å²) in [5, 5.41) is 7.58. The predicted octanol–water partition coefficient (Wildman–Crippen LogP) is 1.39. The summed E-state index contributed by atoms with van der Waals surface area (Å²) >= 11 is 0. The Hall–Kier alpha value is -1.62. The third kappa shape index (κ3) is 3.20. The van der Waals surface area contributed by atoms with E-state index in [0.717, 1.165) is 5.56 Å². The molecule has 0 aliphatic heterocycles. The number of aromatic nitrogens is 1. The molecule has 0 aliphatic rings. The van der Waals surface area contributed by atoms with Gasteiger partial charge in [-0.2, -0.15) is 0 Å². The van der Waals surface area contributed by atoms with Crippen molar-refractivity contribution in [3.8, 4) is 5.88 Å². The number of nitrogens with zero attached hydrogens (tertiary/aromatic N) is 2. The quantitative estimate of drug-likeness (QED) is 0.611. The van der Waals surface area contributed by atoms with Crippen LogP contribution in [-0.2, 0) is 0 Å². The largest absolute Gasteiger partial charge is 0.475 e. The molecule has 5 heteroatoms. The van der Waals surface area contributed by atoms with Gasteiger partial charge in [0.1, 0.15) is 12.4 Å². The molecule has 0 bridgehead atoms. The number of amidine groups is 1. The van der Waals surface area contributed by atoms with E-state index in [1.54, 1.807) is 6.20 Å². The van der Waals surface area contributed by atoms with Gasteiger partial charge in [-0.25, -0.2) is 4.98 Å². The van der Waals surface area contributed by atoms with E-state index in [2.05, 4.69) is 23.7 Å². The normalized spacial score (nSPS) is 11.7. The summed E-state index contributed by atoms with van der Waals surface area (Å²) in [6.07, 6.45) is 1.67. The number of rotatable bonds is 5. The van der Waals surface area contributed by atoms with Crippen LogP contribution in [0.5, 0.6) is 5.88 Å². The third-order valence-corrected chi connectivity index (χ3v) is 3.17. The van der Waals surface area contributed by atoms with Crippen molar-refractivity contribution in [1.82, 2.24) is 9.88 Å². The van der Waals surface area contributed by atoms with E-state index in [9.17, 15) is 0 Å². The Morgan fingerprint density at radius 3 is 2.61 bits per heavy atom. The number of ether oxygens (including phenoxy) is 1. The van der Waals surface area contributed by atoms with Crippen LogP contribution in [0, 0.1) is 12.3 Å². The van der Waals surface area contributed by atoms with Crippen molar-refractivity contribution in [3.63, 3.8) is 0 Å². The lowest BCUT2D eigenvalue weighted by Gasteiger charge is -2.32. The molecule has 0 atom stereocenters. The number of nitrogen functional groups attached to an aromatic ring is 1. The molecular weight excluding hydrogens is 228 g/mol. The first kappa shape index (κ1) is 14.4. The Morgan fingerprint density at radius 1 is 1.50 bits per heavy atom.